The number of amides is 1. The molecule has 33 heavy (non-hydrogen) atoms. The summed E-state index contributed by atoms with van der Waals surface area (Å²) in [4.78, 5) is 29.3. The van der Waals surface area contributed by atoms with Gasteiger partial charge in [-0.05, 0) is 54.2 Å². The minimum absolute atomic E-state index is 0.200. The van der Waals surface area contributed by atoms with Crippen molar-refractivity contribution in [2.24, 2.45) is 0 Å². The number of hydrogen-bond donors (Lipinski definition) is 0. The number of nitrogens with zero attached hydrogens (tertiary/aromatic N) is 2. The van der Waals surface area contributed by atoms with Gasteiger partial charge in [0.1, 0.15) is 11.3 Å². The second-order valence-electron chi connectivity index (χ2n) is 8.63. The Hall–Kier alpha value is -3.12. The number of rotatable bonds is 7. The molecular formula is C27H32N2O4. The van der Waals surface area contributed by atoms with E-state index in [1.807, 2.05) is 35.2 Å². The van der Waals surface area contributed by atoms with Crippen molar-refractivity contribution in [3.05, 3.63) is 75.6 Å². The maximum absolute atomic E-state index is 12.8. The van der Waals surface area contributed by atoms with Crippen LogP contribution in [0.4, 0.5) is 0 Å². The maximum Gasteiger partial charge on any atom is 0.336 e. The van der Waals surface area contributed by atoms with Crippen LogP contribution in [-0.2, 0) is 24.2 Å². The van der Waals surface area contributed by atoms with Crippen LogP contribution in [0.25, 0.3) is 11.0 Å². The van der Waals surface area contributed by atoms with E-state index >= 15 is 0 Å². The van der Waals surface area contributed by atoms with Crippen LogP contribution in [0.2, 0.25) is 0 Å². The number of fused-ring (bicyclic) bond motifs is 1. The Balaban J connectivity index is 1.36. The van der Waals surface area contributed by atoms with E-state index in [1.165, 1.54) is 0 Å². The third-order valence-electron chi connectivity index (χ3n) is 6.42. The first-order valence-corrected chi connectivity index (χ1v) is 11.7. The van der Waals surface area contributed by atoms with Gasteiger partial charge < -0.3 is 14.1 Å². The molecule has 0 bridgehead atoms. The van der Waals surface area contributed by atoms with E-state index < -0.39 is 0 Å². The summed E-state index contributed by atoms with van der Waals surface area (Å²) in [6.07, 6.45) is 3.07. The van der Waals surface area contributed by atoms with Crippen molar-refractivity contribution in [1.82, 2.24) is 9.80 Å². The summed E-state index contributed by atoms with van der Waals surface area (Å²) in [6, 6.07) is 15.6. The van der Waals surface area contributed by atoms with Crippen LogP contribution in [0.1, 0.15) is 36.5 Å². The molecule has 2 aromatic carbocycles. The van der Waals surface area contributed by atoms with Crippen LogP contribution >= 0.6 is 0 Å². The van der Waals surface area contributed by atoms with Gasteiger partial charge in [0.05, 0.1) is 7.11 Å². The lowest BCUT2D eigenvalue weighted by Gasteiger charge is -2.22. The molecular weight excluding hydrogens is 416 g/mol. The SMILES string of the molecule is CCc1ccc2c(CN3CCCN(C(=O)CCc4ccc(OC)cc4)CC3)cc(=O)oc2c1. The van der Waals surface area contributed by atoms with Crippen LogP contribution in [-0.4, -0.2) is 49.0 Å². The molecule has 1 aliphatic rings. The van der Waals surface area contributed by atoms with Crippen molar-refractivity contribution in [2.45, 2.75) is 39.2 Å². The van der Waals surface area contributed by atoms with Gasteiger partial charge in [0.15, 0.2) is 0 Å². The number of aryl methyl sites for hydroxylation is 2. The largest absolute Gasteiger partial charge is 0.497 e. The number of carbonyl (C=O) groups excluding carboxylic acids is 1. The van der Waals surface area contributed by atoms with Crippen LogP contribution < -0.4 is 10.4 Å². The molecule has 0 aliphatic carbocycles. The van der Waals surface area contributed by atoms with Gasteiger partial charge in [-0.1, -0.05) is 31.2 Å². The highest BCUT2D eigenvalue weighted by Crippen LogP contribution is 2.21. The number of ether oxygens (including phenoxy) is 1. The van der Waals surface area contributed by atoms with E-state index in [-0.39, 0.29) is 11.5 Å². The van der Waals surface area contributed by atoms with Gasteiger partial charge in [-0.2, -0.15) is 0 Å². The van der Waals surface area contributed by atoms with Gasteiger partial charge in [0.2, 0.25) is 5.91 Å². The molecule has 1 fully saturated rings. The number of carbonyl (C=O) groups is 1. The molecule has 1 aliphatic heterocycles. The number of methoxy groups -OCH3 is 1. The Morgan fingerprint density at radius 1 is 1.00 bits per heavy atom. The average Bonchev–Trinajstić information content (AvgIpc) is 3.08. The summed E-state index contributed by atoms with van der Waals surface area (Å²) in [7, 11) is 1.65. The normalized spacial score (nSPS) is 14.9. The molecule has 0 saturated carbocycles. The van der Waals surface area contributed by atoms with Crippen molar-refractivity contribution < 1.29 is 13.9 Å². The van der Waals surface area contributed by atoms with Gasteiger partial charge in [-0.15, -0.1) is 0 Å². The maximum atomic E-state index is 12.8. The molecule has 3 aromatic rings. The minimum atomic E-state index is -0.309. The predicted molar refractivity (Wildman–Crippen MR) is 130 cm³/mol. The Morgan fingerprint density at radius 2 is 1.79 bits per heavy atom. The van der Waals surface area contributed by atoms with Crippen molar-refractivity contribution in [1.29, 1.82) is 0 Å². The molecule has 174 valence electrons. The third-order valence-corrected chi connectivity index (χ3v) is 6.42. The monoisotopic (exact) mass is 448 g/mol. The fourth-order valence-corrected chi connectivity index (χ4v) is 4.45. The highest BCUT2D eigenvalue weighted by Gasteiger charge is 2.20. The first-order valence-electron chi connectivity index (χ1n) is 11.7. The highest BCUT2D eigenvalue weighted by atomic mass is 16.5. The smallest absolute Gasteiger partial charge is 0.336 e. The standard InChI is InChI=1S/C27H32N2O4/c1-3-20-7-11-24-22(18-27(31)33-25(24)17-20)19-28-13-4-14-29(16-15-28)26(30)12-8-21-5-9-23(32-2)10-6-21/h5-7,9-11,17-18H,3-4,8,12-16,19H2,1-2H3. The Bertz CT molecular complexity index is 1150. The van der Waals surface area contributed by atoms with E-state index in [1.54, 1.807) is 13.2 Å². The summed E-state index contributed by atoms with van der Waals surface area (Å²) < 4.78 is 10.6. The van der Waals surface area contributed by atoms with Crippen LogP contribution in [0.15, 0.2) is 57.7 Å². The van der Waals surface area contributed by atoms with E-state index in [0.717, 1.165) is 66.7 Å². The first kappa shape index (κ1) is 23.1. The molecule has 0 spiro atoms. The van der Waals surface area contributed by atoms with Crippen molar-refractivity contribution in [3.8, 4) is 5.75 Å². The Morgan fingerprint density at radius 3 is 2.55 bits per heavy atom. The lowest BCUT2D eigenvalue weighted by molar-refractivity contribution is -0.131. The molecule has 4 rings (SSSR count). The van der Waals surface area contributed by atoms with Crippen LogP contribution in [0.5, 0.6) is 5.75 Å². The zero-order chi connectivity index (χ0) is 23.2. The molecule has 6 heteroatoms. The van der Waals surface area contributed by atoms with Crippen molar-refractivity contribution in [2.75, 3.05) is 33.3 Å². The van der Waals surface area contributed by atoms with E-state index in [4.69, 9.17) is 9.15 Å². The predicted octanol–water partition coefficient (Wildman–Crippen LogP) is 4.03. The summed E-state index contributed by atoms with van der Waals surface area (Å²) in [5.74, 6) is 1.03. The second-order valence-corrected chi connectivity index (χ2v) is 8.63. The quantitative estimate of drug-likeness (QED) is 0.511. The highest BCUT2D eigenvalue weighted by molar-refractivity contribution is 5.80. The average molecular weight is 449 g/mol. The summed E-state index contributed by atoms with van der Waals surface area (Å²) in [5, 5.41) is 0.989. The number of hydrogen-bond acceptors (Lipinski definition) is 5. The topological polar surface area (TPSA) is 63.0 Å². The molecule has 0 unspecified atom stereocenters. The fraction of sp³-hybridized carbons (Fsp3) is 0.407. The third kappa shape index (κ3) is 5.82. The lowest BCUT2D eigenvalue weighted by Crippen LogP contribution is -2.35. The van der Waals surface area contributed by atoms with Gasteiger partial charge in [-0.25, -0.2) is 4.79 Å². The molecule has 1 saturated heterocycles. The van der Waals surface area contributed by atoms with Crippen molar-refractivity contribution >= 4 is 16.9 Å². The van der Waals surface area contributed by atoms with E-state index in [2.05, 4.69) is 24.0 Å². The van der Waals surface area contributed by atoms with Crippen LogP contribution in [0.3, 0.4) is 0 Å². The molecule has 0 atom stereocenters. The first-order chi connectivity index (χ1) is 16.1. The zero-order valence-corrected chi connectivity index (χ0v) is 19.5. The van der Waals surface area contributed by atoms with E-state index in [9.17, 15) is 9.59 Å². The van der Waals surface area contributed by atoms with Gasteiger partial charge in [0.25, 0.3) is 0 Å². The molecule has 0 N–H and O–H groups in total. The van der Waals surface area contributed by atoms with Gasteiger partial charge >= 0.3 is 5.63 Å². The lowest BCUT2D eigenvalue weighted by atomic mass is 10.1. The molecule has 2 heterocycles. The summed E-state index contributed by atoms with van der Waals surface area (Å²) >= 11 is 0. The van der Waals surface area contributed by atoms with Gasteiger partial charge in [0, 0.05) is 50.6 Å². The Kier molecular flexibility index (Phi) is 7.45. The number of benzene rings is 2. The zero-order valence-electron chi connectivity index (χ0n) is 19.5. The molecule has 6 nitrogen and oxygen atoms in total. The second kappa shape index (κ2) is 10.7. The Labute approximate surface area is 194 Å². The van der Waals surface area contributed by atoms with Crippen LogP contribution in [0, 0.1) is 0 Å². The molecule has 1 amide bonds. The summed E-state index contributed by atoms with van der Waals surface area (Å²) in [5.41, 5.74) is 3.63. The molecule has 1 aromatic heterocycles. The summed E-state index contributed by atoms with van der Waals surface area (Å²) in [6.45, 7) is 5.95. The minimum Gasteiger partial charge on any atom is -0.497 e. The van der Waals surface area contributed by atoms with E-state index in [0.29, 0.717) is 25.1 Å². The molecule has 0 radical (unpaired) electrons. The fourth-order valence-electron chi connectivity index (χ4n) is 4.45. The van der Waals surface area contributed by atoms with Crippen molar-refractivity contribution in [3.63, 3.8) is 0 Å². The van der Waals surface area contributed by atoms with Gasteiger partial charge in [-0.3, -0.25) is 9.69 Å².